The Morgan fingerprint density at radius 3 is 2.56 bits per heavy atom. The van der Waals surface area contributed by atoms with Crippen molar-refractivity contribution in [2.45, 2.75) is 54.7 Å². The molecule has 2 fully saturated rings. The molecule has 0 aromatic heterocycles. The van der Waals surface area contributed by atoms with Gasteiger partial charge in [0, 0.05) is 30.1 Å². The molecule has 0 bridgehead atoms. The predicted octanol–water partition coefficient (Wildman–Crippen LogP) is 3.32. The average Bonchev–Trinajstić information content (AvgIpc) is 2.68. The summed E-state index contributed by atoms with van der Waals surface area (Å²) in [7, 11) is 0. The molecule has 1 aliphatic carbocycles. The molecule has 1 unspecified atom stereocenters. The third kappa shape index (κ3) is 4.99. The van der Waals surface area contributed by atoms with E-state index < -0.39 is 0 Å². The zero-order valence-electron chi connectivity index (χ0n) is 15.2. The Kier molecular flexibility index (Phi) is 6.79. The minimum atomic E-state index is -0.0762. The number of benzene rings is 1. The number of morpholine rings is 1. The normalized spacial score (nSPS) is 22.3. The molecule has 0 radical (unpaired) electrons. The highest BCUT2D eigenvalue weighted by atomic mass is 32.2. The summed E-state index contributed by atoms with van der Waals surface area (Å²) in [6.45, 7) is 6.38. The number of rotatable bonds is 6. The molecule has 3 rings (SSSR count). The van der Waals surface area contributed by atoms with Crippen molar-refractivity contribution in [3.63, 3.8) is 0 Å². The zero-order valence-corrected chi connectivity index (χ0v) is 16.0. The van der Waals surface area contributed by atoms with E-state index in [9.17, 15) is 4.79 Å². The van der Waals surface area contributed by atoms with Crippen LogP contribution < -0.4 is 5.32 Å². The first-order valence-corrected chi connectivity index (χ1v) is 10.4. The Balaban J connectivity index is 1.57. The summed E-state index contributed by atoms with van der Waals surface area (Å²) >= 11 is 1.63. The van der Waals surface area contributed by atoms with Crippen LogP contribution in [0, 0.1) is 0 Å². The number of nitrogens with one attached hydrogen (secondary N) is 1. The number of carbonyl (C=O) groups is 1. The first kappa shape index (κ1) is 18.7. The molecule has 2 aliphatic rings. The number of hydrogen-bond acceptors (Lipinski definition) is 4. The van der Waals surface area contributed by atoms with Crippen molar-refractivity contribution in [2.24, 2.45) is 0 Å². The molecule has 1 saturated carbocycles. The van der Waals surface area contributed by atoms with E-state index in [4.69, 9.17) is 4.74 Å². The summed E-state index contributed by atoms with van der Waals surface area (Å²) in [5, 5.41) is 3.19. The van der Waals surface area contributed by atoms with E-state index in [0.717, 1.165) is 37.7 Å². The highest BCUT2D eigenvalue weighted by molar-refractivity contribution is 8.00. The Morgan fingerprint density at radius 1 is 1.20 bits per heavy atom. The van der Waals surface area contributed by atoms with E-state index in [2.05, 4.69) is 22.3 Å². The van der Waals surface area contributed by atoms with E-state index in [-0.39, 0.29) is 16.7 Å². The van der Waals surface area contributed by atoms with Crippen LogP contribution >= 0.6 is 11.8 Å². The summed E-state index contributed by atoms with van der Waals surface area (Å²) in [6, 6.07) is 10.2. The lowest BCUT2D eigenvalue weighted by Crippen LogP contribution is -2.60. The van der Waals surface area contributed by atoms with Crippen molar-refractivity contribution < 1.29 is 9.53 Å². The molecule has 1 aliphatic heterocycles. The van der Waals surface area contributed by atoms with E-state index in [0.29, 0.717) is 0 Å². The number of ether oxygens (including phenoxy) is 1. The highest BCUT2D eigenvalue weighted by Gasteiger charge is 2.39. The summed E-state index contributed by atoms with van der Waals surface area (Å²) in [5.41, 5.74) is 0.134. The second-order valence-electron chi connectivity index (χ2n) is 7.18. The van der Waals surface area contributed by atoms with Gasteiger partial charge in [-0.25, -0.2) is 0 Å². The fourth-order valence-electron chi connectivity index (χ4n) is 4.00. The standard InChI is InChI=1S/C20H30N2O2S/c1-17(25-18-8-4-2-5-9-18)19(23)21-16-20(10-6-3-7-11-20)22-12-14-24-15-13-22/h2,4-5,8-9,17H,3,6-7,10-16H2,1H3,(H,21,23). The molecule has 0 spiro atoms. The van der Waals surface area contributed by atoms with Crippen molar-refractivity contribution in [3.05, 3.63) is 30.3 Å². The highest BCUT2D eigenvalue weighted by Crippen LogP contribution is 2.34. The van der Waals surface area contributed by atoms with Crippen molar-refractivity contribution >= 4 is 17.7 Å². The van der Waals surface area contributed by atoms with Crippen LogP contribution in [0.1, 0.15) is 39.0 Å². The topological polar surface area (TPSA) is 41.6 Å². The number of thioether (sulfide) groups is 1. The molecular weight excluding hydrogens is 332 g/mol. The van der Waals surface area contributed by atoms with Crippen molar-refractivity contribution in [3.8, 4) is 0 Å². The maximum absolute atomic E-state index is 12.6. The van der Waals surface area contributed by atoms with Gasteiger partial charge in [0.15, 0.2) is 0 Å². The van der Waals surface area contributed by atoms with Crippen LogP contribution in [-0.4, -0.2) is 54.4 Å². The molecule has 1 N–H and O–H groups in total. The predicted molar refractivity (Wildman–Crippen MR) is 103 cm³/mol. The minimum Gasteiger partial charge on any atom is -0.379 e. The number of carbonyl (C=O) groups excluding carboxylic acids is 1. The lowest BCUT2D eigenvalue weighted by molar-refractivity contribution is -0.121. The van der Waals surface area contributed by atoms with E-state index in [1.807, 2.05) is 25.1 Å². The van der Waals surface area contributed by atoms with Crippen LogP contribution in [0.3, 0.4) is 0 Å². The summed E-state index contributed by atoms with van der Waals surface area (Å²) in [5.74, 6) is 0.145. The first-order valence-electron chi connectivity index (χ1n) is 9.52. The Labute approximate surface area is 155 Å². The Bertz CT molecular complexity index is 540. The van der Waals surface area contributed by atoms with E-state index in [1.54, 1.807) is 11.8 Å². The molecular formula is C20H30N2O2S. The SMILES string of the molecule is CC(Sc1ccccc1)C(=O)NCC1(N2CCOCC2)CCCCC1. The summed E-state index contributed by atoms with van der Waals surface area (Å²) in [6.07, 6.45) is 6.23. The molecule has 1 aromatic carbocycles. The van der Waals surface area contributed by atoms with Crippen LogP contribution in [0.5, 0.6) is 0 Å². The number of hydrogen-bond donors (Lipinski definition) is 1. The van der Waals surface area contributed by atoms with Crippen LogP contribution in [0.2, 0.25) is 0 Å². The van der Waals surface area contributed by atoms with Crippen LogP contribution in [0.4, 0.5) is 0 Å². The molecule has 25 heavy (non-hydrogen) atoms. The first-order chi connectivity index (χ1) is 12.2. The van der Waals surface area contributed by atoms with Gasteiger partial charge < -0.3 is 10.1 Å². The van der Waals surface area contributed by atoms with Gasteiger partial charge in [0.05, 0.1) is 18.5 Å². The van der Waals surface area contributed by atoms with E-state index in [1.165, 1.54) is 32.1 Å². The molecule has 5 heteroatoms. The number of nitrogens with zero attached hydrogens (tertiary/aromatic N) is 1. The molecule has 4 nitrogen and oxygen atoms in total. The molecule has 1 amide bonds. The summed E-state index contributed by atoms with van der Waals surface area (Å²) in [4.78, 5) is 16.4. The fraction of sp³-hybridized carbons (Fsp3) is 0.650. The second kappa shape index (κ2) is 9.06. The average molecular weight is 363 g/mol. The molecule has 1 aromatic rings. The Morgan fingerprint density at radius 2 is 1.88 bits per heavy atom. The lowest BCUT2D eigenvalue weighted by atomic mass is 9.79. The van der Waals surface area contributed by atoms with Crippen LogP contribution in [0.25, 0.3) is 0 Å². The monoisotopic (exact) mass is 362 g/mol. The van der Waals surface area contributed by atoms with Gasteiger partial charge in [-0.05, 0) is 31.9 Å². The van der Waals surface area contributed by atoms with Gasteiger partial charge in [-0.15, -0.1) is 11.8 Å². The van der Waals surface area contributed by atoms with Gasteiger partial charge >= 0.3 is 0 Å². The largest absolute Gasteiger partial charge is 0.379 e. The maximum Gasteiger partial charge on any atom is 0.233 e. The third-order valence-corrected chi connectivity index (χ3v) is 6.60. The second-order valence-corrected chi connectivity index (χ2v) is 8.59. The van der Waals surface area contributed by atoms with Gasteiger partial charge in [-0.2, -0.15) is 0 Å². The molecule has 1 saturated heterocycles. The van der Waals surface area contributed by atoms with E-state index >= 15 is 0 Å². The molecule has 1 heterocycles. The third-order valence-electron chi connectivity index (χ3n) is 5.48. The van der Waals surface area contributed by atoms with Gasteiger partial charge in [-0.3, -0.25) is 9.69 Å². The van der Waals surface area contributed by atoms with Crippen molar-refractivity contribution in [1.29, 1.82) is 0 Å². The Hall–Kier alpha value is -1.04. The van der Waals surface area contributed by atoms with Crippen LogP contribution in [-0.2, 0) is 9.53 Å². The van der Waals surface area contributed by atoms with Crippen molar-refractivity contribution in [2.75, 3.05) is 32.8 Å². The van der Waals surface area contributed by atoms with Crippen molar-refractivity contribution in [1.82, 2.24) is 10.2 Å². The fourth-order valence-corrected chi connectivity index (χ4v) is 4.92. The van der Waals surface area contributed by atoms with Gasteiger partial charge in [0.25, 0.3) is 0 Å². The van der Waals surface area contributed by atoms with Gasteiger partial charge in [0.1, 0.15) is 0 Å². The van der Waals surface area contributed by atoms with Gasteiger partial charge in [0.2, 0.25) is 5.91 Å². The molecule has 138 valence electrons. The van der Waals surface area contributed by atoms with Gasteiger partial charge in [-0.1, -0.05) is 37.5 Å². The summed E-state index contributed by atoms with van der Waals surface area (Å²) < 4.78 is 5.53. The van der Waals surface area contributed by atoms with Crippen LogP contribution in [0.15, 0.2) is 35.2 Å². The molecule has 1 atom stereocenters. The lowest BCUT2D eigenvalue weighted by Gasteiger charge is -2.48. The number of amides is 1. The smallest absolute Gasteiger partial charge is 0.233 e. The maximum atomic E-state index is 12.6. The zero-order chi connectivity index (χ0) is 17.5. The minimum absolute atomic E-state index is 0.0762. The quantitative estimate of drug-likeness (QED) is 0.788.